The van der Waals surface area contributed by atoms with Gasteiger partial charge in [-0.25, -0.2) is 4.98 Å². The molecule has 2 aromatic rings. The second kappa shape index (κ2) is 6.70. The van der Waals surface area contributed by atoms with Gasteiger partial charge in [-0.1, -0.05) is 19.8 Å². The van der Waals surface area contributed by atoms with Gasteiger partial charge < -0.3 is 5.32 Å². The average molecular weight is 336 g/mol. The van der Waals surface area contributed by atoms with Crippen molar-refractivity contribution in [3.63, 3.8) is 0 Å². The number of hydrogen-bond acceptors (Lipinski definition) is 3. The first-order valence-electron chi connectivity index (χ1n) is 7.97. The van der Waals surface area contributed by atoms with Crippen molar-refractivity contribution in [1.29, 1.82) is 0 Å². The first-order valence-corrected chi connectivity index (χ1v) is 8.96. The normalized spacial score (nSPS) is 15.0. The fraction of sp³-hybridized carbons (Fsp3) is 0.300. The minimum Gasteiger partial charge on any atom is -0.355 e. The Balaban J connectivity index is 1.85. The van der Waals surface area contributed by atoms with Crippen molar-refractivity contribution in [2.45, 2.75) is 30.6 Å². The quantitative estimate of drug-likeness (QED) is 0.809. The van der Waals surface area contributed by atoms with Crippen LogP contribution < -0.4 is 5.32 Å². The summed E-state index contributed by atoms with van der Waals surface area (Å²) in [6, 6.07) is 9.96. The van der Waals surface area contributed by atoms with Crippen molar-refractivity contribution < 1.29 is 4.79 Å². The van der Waals surface area contributed by atoms with Crippen molar-refractivity contribution in [2.75, 3.05) is 12.8 Å². The molecule has 1 aromatic carbocycles. The smallest absolute Gasteiger partial charge is 0.252 e. The van der Waals surface area contributed by atoms with E-state index in [0.717, 1.165) is 5.56 Å². The van der Waals surface area contributed by atoms with Crippen molar-refractivity contribution in [3.8, 4) is 11.8 Å². The third kappa shape index (κ3) is 3.47. The molecule has 0 spiro atoms. The number of benzene rings is 1. The molecule has 3 nitrogen and oxygen atoms in total. The highest BCUT2D eigenvalue weighted by Gasteiger charge is 2.27. The predicted molar refractivity (Wildman–Crippen MR) is 98.4 cm³/mol. The molecule has 0 atom stereocenters. The molecular weight excluding hydrogens is 316 g/mol. The molecule has 0 fully saturated rings. The maximum absolute atomic E-state index is 11.5. The van der Waals surface area contributed by atoms with Crippen molar-refractivity contribution in [1.82, 2.24) is 10.3 Å². The molecule has 0 unspecified atom stereocenters. The predicted octanol–water partition coefficient (Wildman–Crippen LogP) is 3.61. The van der Waals surface area contributed by atoms with E-state index < -0.39 is 0 Å². The Bertz CT molecular complexity index is 829. The van der Waals surface area contributed by atoms with Crippen LogP contribution in [0.5, 0.6) is 0 Å². The van der Waals surface area contributed by atoms with E-state index in [-0.39, 0.29) is 11.3 Å². The van der Waals surface area contributed by atoms with Crippen LogP contribution in [0, 0.1) is 11.8 Å². The second-order valence-electron chi connectivity index (χ2n) is 6.45. The monoisotopic (exact) mass is 336 g/mol. The first kappa shape index (κ1) is 16.6. The summed E-state index contributed by atoms with van der Waals surface area (Å²) in [5.74, 6) is 7.30. The summed E-state index contributed by atoms with van der Waals surface area (Å²) in [6.45, 7) is 4.59. The third-order valence-electron chi connectivity index (χ3n) is 4.28. The summed E-state index contributed by atoms with van der Waals surface area (Å²) < 4.78 is 0. The van der Waals surface area contributed by atoms with Crippen LogP contribution in [0.15, 0.2) is 41.4 Å². The number of nitrogens with one attached hydrogen (secondary N) is 1. The number of hydrogen-bond donors (Lipinski definition) is 1. The summed E-state index contributed by atoms with van der Waals surface area (Å²) in [7, 11) is 1.60. The molecule has 2 heterocycles. The Morgan fingerprint density at radius 3 is 2.79 bits per heavy atom. The van der Waals surface area contributed by atoms with Crippen molar-refractivity contribution >= 4 is 17.7 Å². The van der Waals surface area contributed by atoms with E-state index in [9.17, 15) is 4.79 Å². The van der Waals surface area contributed by atoms with Gasteiger partial charge in [0.25, 0.3) is 5.91 Å². The second-order valence-corrected chi connectivity index (χ2v) is 7.59. The summed E-state index contributed by atoms with van der Waals surface area (Å²) in [4.78, 5) is 17.1. The molecule has 0 radical (unpaired) electrons. The maximum atomic E-state index is 11.5. The highest BCUT2D eigenvalue weighted by molar-refractivity contribution is 7.99. The van der Waals surface area contributed by atoms with Gasteiger partial charge in [-0.15, -0.1) is 11.8 Å². The SMILES string of the molecule is CNC(=O)c1ccc(C#Cc2ccc3c(c2)C(C)(C)CCS3)nc1. The fourth-order valence-electron chi connectivity index (χ4n) is 2.70. The molecule has 1 aliphatic rings. The molecule has 1 N–H and O–H groups in total. The molecule has 3 rings (SSSR count). The molecule has 24 heavy (non-hydrogen) atoms. The van der Waals surface area contributed by atoms with Crippen molar-refractivity contribution in [2.24, 2.45) is 0 Å². The van der Waals surface area contributed by atoms with Crippen LogP contribution in [0.2, 0.25) is 0 Å². The van der Waals surface area contributed by atoms with Gasteiger partial charge in [0.15, 0.2) is 0 Å². The zero-order chi connectivity index (χ0) is 17.2. The molecule has 122 valence electrons. The van der Waals surface area contributed by atoms with Gasteiger partial charge in [-0.05, 0) is 59.4 Å². The molecule has 1 aliphatic heterocycles. The lowest BCUT2D eigenvalue weighted by Crippen LogP contribution is -2.22. The van der Waals surface area contributed by atoms with Crippen LogP contribution in [0.4, 0.5) is 0 Å². The minimum absolute atomic E-state index is 0.142. The van der Waals surface area contributed by atoms with Crippen LogP contribution >= 0.6 is 11.8 Å². The minimum atomic E-state index is -0.142. The molecule has 4 heteroatoms. The summed E-state index contributed by atoms with van der Waals surface area (Å²) in [5, 5.41) is 2.58. The third-order valence-corrected chi connectivity index (χ3v) is 5.36. The molecule has 0 bridgehead atoms. The Hall–Kier alpha value is -2.25. The van der Waals surface area contributed by atoms with E-state index in [1.54, 1.807) is 25.4 Å². The van der Waals surface area contributed by atoms with Crippen LogP contribution in [0.3, 0.4) is 0 Å². The highest BCUT2D eigenvalue weighted by Crippen LogP contribution is 2.41. The fourth-order valence-corrected chi connectivity index (χ4v) is 4.18. The van der Waals surface area contributed by atoms with Gasteiger partial charge in [-0.2, -0.15) is 0 Å². The van der Waals surface area contributed by atoms with Gasteiger partial charge in [0, 0.05) is 23.7 Å². The lowest BCUT2D eigenvalue weighted by Gasteiger charge is -2.32. The van der Waals surface area contributed by atoms with Crippen LogP contribution in [-0.4, -0.2) is 23.7 Å². The Morgan fingerprint density at radius 1 is 1.25 bits per heavy atom. The van der Waals surface area contributed by atoms with Gasteiger partial charge in [0.1, 0.15) is 5.69 Å². The number of aromatic nitrogens is 1. The number of fused-ring (bicyclic) bond motifs is 1. The first-order chi connectivity index (χ1) is 11.5. The molecule has 0 aliphatic carbocycles. The number of rotatable bonds is 1. The van der Waals surface area contributed by atoms with Crippen LogP contribution in [-0.2, 0) is 5.41 Å². The molecule has 0 saturated carbocycles. The lowest BCUT2D eigenvalue weighted by molar-refractivity contribution is 0.0962. The van der Waals surface area contributed by atoms with Gasteiger partial charge in [0.2, 0.25) is 0 Å². The van der Waals surface area contributed by atoms with Gasteiger partial charge in [0.05, 0.1) is 5.56 Å². The lowest BCUT2D eigenvalue weighted by atomic mass is 9.81. The standard InChI is InChI=1S/C20H20N2OS/c1-20(2)10-11-24-18-9-5-14(12-17(18)20)4-7-16-8-6-15(13-22-16)19(23)21-3/h5-6,8-9,12-13H,10-11H2,1-3H3,(H,21,23). The Kier molecular flexibility index (Phi) is 4.64. The Labute approximate surface area is 147 Å². The number of thioether (sulfide) groups is 1. The number of carbonyl (C=O) groups is 1. The number of amides is 1. The zero-order valence-electron chi connectivity index (χ0n) is 14.1. The van der Waals surface area contributed by atoms with Crippen LogP contribution in [0.1, 0.15) is 47.4 Å². The van der Waals surface area contributed by atoms with E-state index >= 15 is 0 Å². The number of carbonyl (C=O) groups excluding carboxylic acids is 1. The largest absolute Gasteiger partial charge is 0.355 e. The van der Waals surface area contributed by atoms with Crippen LogP contribution in [0.25, 0.3) is 0 Å². The maximum Gasteiger partial charge on any atom is 0.252 e. The van der Waals surface area contributed by atoms with Crippen molar-refractivity contribution in [3.05, 3.63) is 58.9 Å². The topological polar surface area (TPSA) is 42.0 Å². The Morgan fingerprint density at radius 2 is 2.08 bits per heavy atom. The molecule has 1 aromatic heterocycles. The average Bonchev–Trinajstić information content (AvgIpc) is 2.60. The number of pyridine rings is 1. The summed E-state index contributed by atoms with van der Waals surface area (Å²) in [5.41, 5.74) is 3.78. The van der Waals surface area contributed by atoms with E-state index in [1.165, 1.54) is 22.6 Å². The molecule has 0 saturated heterocycles. The van der Waals surface area contributed by atoms with Gasteiger partial charge >= 0.3 is 0 Å². The highest BCUT2D eigenvalue weighted by atomic mass is 32.2. The van der Waals surface area contributed by atoms with E-state index in [4.69, 9.17) is 0 Å². The summed E-state index contributed by atoms with van der Waals surface area (Å²) >= 11 is 1.92. The number of nitrogens with zero attached hydrogens (tertiary/aromatic N) is 1. The summed E-state index contributed by atoms with van der Waals surface area (Å²) in [6.07, 6.45) is 2.74. The van der Waals surface area contributed by atoms with E-state index in [1.807, 2.05) is 11.8 Å². The van der Waals surface area contributed by atoms with E-state index in [2.05, 4.69) is 54.2 Å². The van der Waals surface area contributed by atoms with Gasteiger partial charge in [-0.3, -0.25) is 4.79 Å². The van der Waals surface area contributed by atoms with E-state index in [0.29, 0.717) is 11.3 Å². The molecular formula is C20H20N2OS. The zero-order valence-corrected chi connectivity index (χ0v) is 15.0. The molecule has 1 amide bonds.